The van der Waals surface area contributed by atoms with Crippen molar-refractivity contribution in [2.45, 2.75) is 9.79 Å². The molecule has 0 saturated carbocycles. The van der Waals surface area contributed by atoms with Gasteiger partial charge in [0.05, 0.1) is 9.79 Å². The highest BCUT2D eigenvalue weighted by atomic mass is 32.2. The van der Waals surface area contributed by atoms with Crippen LogP contribution in [0.25, 0.3) is 21.5 Å². The molecule has 0 aliphatic carbocycles. The van der Waals surface area contributed by atoms with Crippen molar-refractivity contribution in [1.29, 1.82) is 0 Å². The van der Waals surface area contributed by atoms with Crippen LogP contribution in [-0.2, 0) is 28.6 Å². The third-order valence-corrected chi connectivity index (χ3v) is 7.35. The molecule has 34 heavy (non-hydrogen) atoms. The molecule has 0 unspecified atom stereocenters. The molecule has 4 rings (SSSR count). The fourth-order valence-electron chi connectivity index (χ4n) is 3.16. The Bertz CT molecular complexity index is 1570. The van der Waals surface area contributed by atoms with E-state index in [1.165, 1.54) is 24.3 Å². The zero-order valence-electron chi connectivity index (χ0n) is 17.8. The summed E-state index contributed by atoms with van der Waals surface area (Å²) in [5.74, 6) is 9.76. The van der Waals surface area contributed by atoms with Crippen LogP contribution in [0.5, 0.6) is 0 Å². The highest BCUT2D eigenvalue weighted by Gasteiger charge is 2.15. The van der Waals surface area contributed by atoms with Crippen molar-refractivity contribution in [3.63, 3.8) is 0 Å². The van der Waals surface area contributed by atoms with Gasteiger partial charge in [-0.3, -0.25) is 8.37 Å². The van der Waals surface area contributed by atoms with Gasteiger partial charge < -0.3 is 0 Å². The van der Waals surface area contributed by atoms with Crippen LogP contribution in [-0.4, -0.2) is 30.0 Å². The van der Waals surface area contributed by atoms with Crippen LogP contribution >= 0.6 is 0 Å². The molecule has 0 bridgehead atoms. The van der Waals surface area contributed by atoms with Gasteiger partial charge in [-0.05, 0) is 57.7 Å². The van der Waals surface area contributed by atoms with E-state index in [0.29, 0.717) is 0 Å². The molecule has 0 aromatic heterocycles. The largest absolute Gasteiger partial charge is 0.297 e. The maximum Gasteiger partial charge on any atom is 0.297 e. The first kappa shape index (κ1) is 23.5. The lowest BCUT2D eigenvalue weighted by Gasteiger charge is -2.04. The minimum absolute atomic E-state index is 0.0337. The van der Waals surface area contributed by atoms with Crippen molar-refractivity contribution in [2.24, 2.45) is 0 Å². The van der Waals surface area contributed by atoms with Gasteiger partial charge in [-0.2, -0.15) is 16.8 Å². The smallest absolute Gasteiger partial charge is 0.253 e. The first-order chi connectivity index (χ1) is 16.4. The quantitative estimate of drug-likeness (QED) is 0.299. The van der Waals surface area contributed by atoms with E-state index in [0.717, 1.165) is 21.5 Å². The maximum atomic E-state index is 12.3. The molecule has 0 spiro atoms. The van der Waals surface area contributed by atoms with E-state index < -0.39 is 20.2 Å². The molecular formula is C26H18O6S2. The molecule has 0 radical (unpaired) electrons. The van der Waals surface area contributed by atoms with Gasteiger partial charge in [0.1, 0.15) is 13.2 Å². The molecule has 0 aliphatic heterocycles. The number of benzene rings is 4. The molecule has 8 heteroatoms. The Balaban J connectivity index is 1.31. The molecule has 0 aliphatic rings. The molecule has 0 heterocycles. The van der Waals surface area contributed by atoms with Gasteiger partial charge in [0.2, 0.25) is 0 Å². The van der Waals surface area contributed by atoms with Crippen LogP contribution in [0.2, 0.25) is 0 Å². The van der Waals surface area contributed by atoms with Crippen LogP contribution in [0.1, 0.15) is 0 Å². The summed E-state index contributed by atoms with van der Waals surface area (Å²) in [7, 11) is -7.94. The second kappa shape index (κ2) is 10.1. The molecular weight excluding hydrogens is 472 g/mol. The van der Waals surface area contributed by atoms with Gasteiger partial charge in [-0.15, -0.1) is 0 Å². The second-order valence-corrected chi connectivity index (χ2v) is 10.3. The van der Waals surface area contributed by atoms with Crippen molar-refractivity contribution in [2.75, 3.05) is 13.2 Å². The van der Waals surface area contributed by atoms with Crippen molar-refractivity contribution in [3.05, 3.63) is 84.9 Å². The Morgan fingerprint density at radius 3 is 1.32 bits per heavy atom. The number of rotatable bonds is 6. The lowest BCUT2D eigenvalue weighted by Crippen LogP contribution is -2.06. The number of fused-ring (bicyclic) bond motifs is 2. The van der Waals surface area contributed by atoms with Gasteiger partial charge in [0.15, 0.2) is 0 Å². The molecule has 0 atom stereocenters. The van der Waals surface area contributed by atoms with E-state index >= 15 is 0 Å². The zero-order valence-corrected chi connectivity index (χ0v) is 19.4. The monoisotopic (exact) mass is 490 g/mol. The zero-order chi connectivity index (χ0) is 24.0. The summed E-state index contributed by atoms with van der Waals surface area (Å²) in [4.78, 5) is 0.0674. The van der Waals surface area contributed by atoms with E-state index in [1.807, 2.05) is 48.5 Å². The molecule has 0 amide bonds. The fraction of sp³-hybridized carbons (Fsp3) is 0.0769. The van der Waals surface area contributed by atoms with Crippen molar-refractivity contribution >= 4 is 41.8 Å². The predicted octanol–water partition coefficient (Wildman–Crippen LogP) is 4.11. The molecule has 0 N–H and O–H groups in total. The Hall–Kier alpha value is -3.66. The summed E-state index contributed by atoms with van der Waals surface area (Å²) in [5.41, 5.74) is 0. The lowest BCUT2D eigenvalue weighted by atomic mass is 10.1. The van der Waals surface area contributed by atoms with Gasteiger partial charge in [0, 0.05) is 0 Å². The summed E-state index contributed by atoms with van der Waals surface area (Å²) in [6.07, 6.45) is 0. The van der Waals surface area contributed by atoms with Gasteiger partial charge in [-0.1, -0.05) is 72.5 Å². The van der Waals surface area contributed by atoms with Crippen LogP contribution in [0.3, 0.4) is 0 Å². The Kier molecular flexibility index (Phi) is 6.97. The Morgan fingerprint density at radius 2 is 0.912 bits per heavy atom. The summed E-state index contributed by atoms with van der Waals surface area (Å²) in [6.45, 7) is -0.778. The molecule has 4 aromatic rings. The highest BCUT2D eigenvalue weighted by Crippen LogP contribution is 2.21. The van der Waals surface area contributed by atoms with Gasteiger partial charge in [0.25, 0.3) is 20.2 Å². The van der Waals surface area contributed by atoms with Crippen molar-refractivity contribution < 1.29 is 25.2 Å². The number of hydrogen-bond acceptors (Lipinski definition) is 6. The van der Waals surface area contributed by atoms with Crippen molar-refractivity contribution in [1.82, 2.24) is 0 Å². The van der Waals surface area contributed by atoms with Gasteiger partial charge >= 0.3 is 0 Å². The molecule has 4 aromatic carbocycles. The number of hydrogen-bond donors (Lipinski definition) is 0. The second-order valence-electron chi connectivity index (χ2n) is 7.05. The summed E-state index contributed by atoms with van der Waals surface area (Å²) >= 11 is 0. The first-order valence-corrected chi connectivity index (χ1v) is 12.9. The van der Waals surface area contributed by atoms with Gasteiger partial charge in [-0.25, -0.2) is 0 Å². The van der Waals surface area contributed by atoms with E-state index in [9.17, 15) is 16.8 Å². The maximum absolute atomic E-state index is 12.3. The molecule has 170 valence electrons. The average Bonchev–Trinajstić information content (AvgIpc) is 2.85. The van der Waals surface area contributed by atoms with Crippen LogP contribution in [0, 0.1) is 23.7 Å². The van der Waals surface area contributed by atoms with Crippen molar-refractivity contribution in [3.8, 4) is 23.7 Å². The lowest BCUT2D eigenvalue weighted by molar-refractivity contribution is 0.362. The van der Waals surface area contributed by atoms with Crippen LogP contribution < -0.4 is 0 Å². The summed E-state index contributed by atoms with van der Waals surface area (Å²) in [5, 5.41) is 3.40. The summed E-state index contributed by atoms with van der Waals surface area (Å²) < 4.78 is 59.1. The van der Waals surface area contributed by atoms with E-state index in [-0.39, 0.29) is 23.0 Å². The Morgan fingerprint density at radius 1 is 0.529 bits per heavy atom. The molecule has 0 fully saturated rings. The van der Waals surface area contributed by atoms with E-state index in [4.69, 9.17) is 8.37 Å². The Labute approximate surface area is 198 Å². The third kappa shape index (κ3) is 5.63. The fourth-order valence-corrected chi connectivity index (χ4v) is 4.87. The highest BCUT2D eigenvalue weighted by molar-refractivity contribution is 7.87. The minimum Gasteiger partial charge on any atom is -0.253 e. The average molecular weight is 491 g/mol. The predicted molar refractivity (Wildman–Crippen MR) is 130 cm³/mol. The molecule has 6 nitrogen and oxygen atoms in total. The van der Waals surface area contributed by atoms with Crippen LogP contribution in [0.15, 0.2) is 94.7 Å². The molecule has 0 saturated heterocycles. The summed E-state index contributed by atoms with van der Waals surface area (Å²) in [6, 6.07) is 24.2. The van der Waals surface area contributed by atoms with E-state index in [2.05, 4.69) is 23.7 Å². The normalized spacial score (nSPS) is 11.4. The first-order valence-electron chi connectivity index (χ1n) is 10.1. The SMILES string of the molecule is O=S(=O)(OCC#CC#CCOS(=O)(=O)c1ccc2ccccc2c1)c1ccc2ccccc2c1. The third-order valence-electron chi connectivity index (χ3n) is 4.83. The van der Waals surface area contributed by atoms with Crippen LogP contribution in [0.4, 0.5) is 0 Å². The minimum atomic E-state index is -3.97. The van der Waals surface area contributed by atoms with E-state index in [1.54, 1.807) is 12.1 Å². The standard InChI is InChI=1S/C26H18O6S2/c27-33(28,25-15-13-21-9-3-5-11-23(21)19-25)31-17-7-1-2-8-18-32-34(29,30)26-16-14-22-10-4-6-12-24(22)20-26/h3-6,9-16,19-20H,17-18H2. The topological polar surface area (TPSA) is 86.7 Å².